The van der Waals surface area contributed by atoms with Crippen molar-refractivity contribution in [2.24, 2.45) is 4.99 Å². The topological polar surface area (TPSA) is 29.4 Å². The zero-order chi connectivity index (χ0) is 5.70. The fourth-order valence-electron chi connectivity index (χ4n) is 0.0964. The van der Waals surface area contributed by atoms with Gasteiger partial charge in [-0.3, -0.25) is 0 Å². The van der Waals surface area contributed by atoms with Crippen LogP contribution in [0.3, 0.4) is 0 Å². The van der Waals surface area contributed by atoms with Crippen LogP contribution in [0.25, 0.3) is 0 Å². The van der Waals surface area contributed by atoms with Gasteiger partial charge in [0.25, 0.3) is 0 Å². The first-order valence-electron chi connectivity index (χ1n) is 1.66. The van der Waals surface area contributed by atoms with Crippen molar-refractivity contribution in [2.45, 2.75) is 6.92 Å². The van der Waals surface area contributed by atoms with Gasteiger partial charge in [-0.05, 0) is 6.92 Å². The second-order valence-corrected chi connectivity index (χ2v) is 1.17. The minimum Gasteiger partial charge on any atom is -0.211 e. The average Bonchev–Trinajstić information content (AvgIpc) is 1.68. The number of hydrogen-bond donors (Lipinski definition) is 0. The molecule has 0 amide bonds. The van der Waals surface area contributed by atoms with Crippen LogP contribution in [-0.4, -0.2) is 6.08 Å². The van der Waals surface area contributed by atoms with Crippen LogP contribution in [0.15, 0.2) is 16.2 Å². The van der Waals surface area contributed by atoms with E-state index in [0.29, 0.717) is 5.70 Å². The van der Waals surface area contributed by atoms with Crippen molar-refractivity contribution in [3.05, 3.63) is 11.2 Å². The highest BCUT2D eigenvalue weighted by Gasteiger charge is 1.73. The molecule has 0 rings (SSSR count). The quantitative estimate of drug-likeness (QED) is 0.377. The molecular formula is C4H4ClNO. The van der Waals surface area contributed by atoms with E-state index in [2.05, 4.69) is 4.99 Å². The van der Waals surface area contributed by atoms with Crippen LogP contribution in [0.1, 0.15) is 6.92 Å². The summed E-state index contributed by atoms with van der Waals surface area (Å²) in [5, 5.41) is 0. The third kappa shape index (κ3) is 3.23. The lowest BCUT2D eigenvalue weighted by molar-refractivity contribution is 0.564. The number of aliphatic imine (C=N–C) groups is 1. The summed E-state index contributed by atoms with van der Waals surface area (Å²) >= 11 is 5.10. The van der Waals surface area contributed by atoms with Crippen molar-refractivity contribution in [1.29, 1.82) is 0 Å². The van der Waals surface area contributed by atoms with Crippen LogP contribution in [-0.2, 0) is 4.79 Å². The molecule has 0 aromatic rings. The standard InChI is InChI=1S/C4H4ClNO/c1-4(2-5)6-3-7/h2H,1H3/b4-2+. The van der Waals surface area contributed by atoms with Gasteiger partial charge in [0.2, 0.25) is 6.08 Å². The van der Waals surface area contributed by atoms with Gasteiger partial charge in [-0.25, -0.2) is 4.79 Å². The van der Waals surface area contributed by atoms with E-state index in [-0.39, 0.29) is 0 Å². The Morgan fingerprint density at radius 2 is 2.57 bits per heavy atom. The van der Waals surface area contributed by atoms with E-state index >= 15 is 0 Å². The van der Waals surface area contributed by atoms with Crippen LogP contribution in [0, 0.1) is 0 Å². The molecule has 0 unspecified atom stereocenters. The Hall–Kier alpha value is -0.590. The summed E-state index contributed by atoms with van der Waals surface area (Å²) in [5.74, 6) is 0. The Kier molecular flexibility index (Phi) is 3.29. The lowest BCUT2D eigenvalue weighted by Crippen LogP contribution is -1.59. The van der Waals surface area contributed by atoms with E-state index in [4.69, 9.17) is 11.6 Å². The first-order chi connectivity index (χ1) is 3.31. The van der Waals surface area contributed by atoms with Gasteiger partial charge < -0.3 is 0 Å². The first-order valence-corrected chi connectivity index (χ1v) is 2.09. The summed E-state index contributed by atoms with van der Waals surface area (Å²) in [5.41, 5.74) is 1.68. The van der Waals surface area contributed by atoms with E-state index in [1.165, 1.54) is 11.6 Å². The molecule has 0 aliphatic heterocycles. The molecular weight excluding hydrogens is 114 g/mol. The fraction of sp³-hybridized carbons (Fsp3) is 0.250. The van der Waals surface area contributed by atoms with Crippen molar-refractivity contribution < 1.29 is 4.79 Å². The maximum atomic E-state index is 9.38. The van der Waals surface area contributed by atoms with Gasteiger partial charge in [-0.15, -0.1) is 0 Å². The third-order valence-corrected chi connectivity index (χ3v) is 0.696. The molecule has 2 nitrogen and oxygen atoms in total. The minimum absolute atomic E-state index is 0.469. The number of allylic oxidation sites excluding steroid dienone is 1. The third-order valence-electron chi connectivity index (χ3n) is 0.380. The highest BCUT2D eigenvalue weighted by molar-refractivity contribution is 6.25. The van der Waals surface area contributed by atoms with Crippen molar-refractivity contribution in [2.75, 3.05) is 0 Å². The predicted molar refractivity (Wildman–Crippen MR) is 27.7 cm³/mol. The number of rotatable bonds is 1. The number of isocyanates is 1. The summed E-state index contributed by atoms with van der Waals surface area (Å²) in [6.07, 6.45) is 1.34. The molecule has 0 aliphatic carbocycles. The maximum Gasteiger partial charge on any atom is 0.240 e. The highest BCUT2D eigenvalue weighted by Crippen LogP contribution is 1.92. The van der Waals surface area contributed by atoms with E-state index in [1.807, 2.05) is 0 Å². The fourth-order valence-corrected chi connectivity index (χ4v) is 0.145. The van der Waals surface area contributed by atoms with Crippen LogP contribution in [0.2, 0.25) is 0 Å². The smallest absolute Gasteiger partial charge is 0.211 e. The van der Waals surface area contributed by atoms with Crippen molar-refractivity contribution >= 4 is 17.7 Å². The molecule has 0 radical (unpaired) electrons. The Balaban J connectivity index is 3.82. The number of carbonyl (C=O) groups excluding carboxylic acids is 1. The second-order valence-electron chi connectivity index (χ2n) is 0.954. The van der Waals surface area contributed by atoms with Gasteiger partial charge in [0.15, 0.2) is 0 Å². The summed E-state index contributed by atoms with van der Waals surface area (Å²) < 4.78 is 0. The van der Waals surface area contributed by atoms with Gasteiger partial charge in [0.05, 0.1) is 5.70 Å². The zero-order valence-electron chi connectivity index (χ0n) is 3.81. The molecule has 0 aromatic carbocycles. The van der Waals surface area contributed by atoms with E-state index in [0.717, 1.165) is 0 Å². The highest BCUT2D eigenvalue weighted by atomic mass is 35.5. The summed E-state index contributed by atoms with van der Waals surface area (Å²) in [4.78, 5) is 12.5. The normalized spacial score (nSPS) is 10.3. The van der Waals surface area contributed by atoms with Gasteiger partial charge in [0, 0.05) is 5.54 Å². The first kappa shape index (κ1) is 6.41. The Morgan fingerprint density at radius 3 is 2.71 bits per heavy atom. The Labute approximate surface area is 46.5 Å². The van der Waals surface area contributed by atoms with Gasteiger partial charge >= 0.3 is 0 Å². The molecule has 0 saturated heterocycles. The van der Waals surface area contributed by atoms with Crippen LogP contribution in [0.4, 0.5) is 0 Å². The Morgan fingerprint density at radius 1 is 2.00 bits per heavy atom. The minimum atomic E-state index is 0.469. The van der Waals surface area contributed by atoms with Crippen LogP contribution < -0.4 is 0 Å². The molecule has 0 atom stereocenters. The lowest BCUT2D eigenvalue weighted by Gasteiger charge is -1.74. The van der Waals surface area contributed by atoms with Gasteiger partial charge in [-0.1, -0.05) is 11.6 Å². The second kappa shape index (κ2) is 3.59. The molecule has 0 N–H and O–H groups in total. The molecule has 7 heavy (non-hydrogen) atoms. The summed E-state index contributed by atoms with van der Waals surface area (Å²) in [6.45, 7) is 1.61. The van der Waals surface area contributed by atoms with Gasteiger partial charge in [0.1, 0.15) is 0 Å². The molecule has 38 valence electrons. The molecule has 0 heterocycles. The Bertz CT molecular complexity index is 124. The van der Waals surface area contributed by atoms with E-state index in [9.17, 15) is 4.79 Å². The largest absolute Gasteiger partial charge is 0.240 e. The van der Waals surface area contributed by atoms with Crippen molar-refractivity contribution in [3.8, 4) is 0 Å². The number of hydrogen-bond acceptors (Lipinski definition) is 2. The van der Waals surface area contributed by atoms with Crippen LogP contribution >= 0.6 is 11.6 Å². The van der Waals surface area contributed by atoms with Gasteiger partial charge in [-0.2, -0.15) is 4.99 Å². The van der Waals surface area contributed by atoms with Crippen molar-refractivity contribution in [3.63, 3.8) is 0 Å². The average molecular weight is 118 g/mol. The van der Waals surface area contributed by atoms with E-state index in [1.54, 1.807) is 6.92 Å². The monoisotopic (exact) mass is 117 g/mol. The van der Waals surface area contributed by atoms with Crippen LogP contribution in [0.5, 0.6) is 0 Å². The molecule has 0 bridgehead atoms. The SMILES string of the molecule is C/C(=C\Cl)N=C=O. The number of halogens is 1. The molecule has 0 aliphatic rings. The molecule has 0 aromatic heterocycles. The zero-order valence-corrected chi connectivity index (χ0v) is 4.57. The summed E-state index contributed by atoms with van der Waals surface area (Å²) in [7, 11) is 0. The van der Waals surface area contributed by atoms with Crippen molar-refractivity contribution in [1.82, 2.24) is 0 Å². The van der Waals surface area contributed by atoms with E-state index < -0.39 is 0 Å². The number of nitrogens with zero attached hydrogens (tertiary/aromatic N) is 1. The molecule has 0 fully saturated rings. The molecule has 3 heteroatoms. The molecule has 0 spiro atoms. The maximum absolute atomic E-state index is 9.38. The molecule has 0 saturated carbocycles. The lowest BCUT2D eigenvalue weighted by atomic mass is 10.6. The predicted octanol–water partition coefficient (Wildman–Crippen LogP) is 1.42. The summed E-state index contributed by atoms with van der Waals surface area (Å²) in [6, 6.07) is 0.